The van der Waals surface area contributed by atoms with Gasteiger partial charge in [0, 0.05) is 13.1 Å². The van der Waals surface area contributed by atoms with Crippen molar-refractivity contribution in [3.63, 3.8) is 0 Å². The van der Waals surface area contributed by atoms with E-state index < -0.39 is 12.2 Å². The van der Waals surface area contributed by atoms with Crippen LogP contribution in [-0.2, 0) is 4.74 Å². The van der Waals surface area contributed by atoms with Gasteiger partial charge in [0.15, 0.2) is 0 Å². The first-order valence-electron chi connectivity index (χ1n) is 8.82. The lowest BCUT2D eigenvalue weighted by molar-refractivity contribution is 0.00289. The van der Waals surface area contributed by atoms with Crippen LogP contribution in [0.1, 0.15) is 54.4 Å². The van der Waals surface area contributed by atoms with E-state index in [1.54, 1.807) is 4.90 Å². The fourth-order valence-corrected chi connectivity index (χ4v) is 2.88. The van der Waals surface area contributed by atoms with Crippen molar-refractivity contribution in [2.75, 3.05) is 13.1 Å². The molecule has 0 aromatic heterocycles. The van der Waals surface area contributed by atoms with Crippen molar-refractivity contribution < 1.29 is 17.4 Å². The van der Waals surface area contributed by atoms with Crippen molar-refractivity contribution in [1.29, 1.82) is 0 Å². The fourth-order valence-electron chi connectivity index (χ4n) is 2.88. The van der Waals surface area contributed by atoms with E-state index in [2.05, 4.69) is 0 Å². The molecule has 0 bridgehead atoms. The summed E-state index contributed by atoms with van der Waals surface area (Å²) in [6.45, 7) is 3.84. The Morgan fingerprint density at radius 2 is 2.09 bits per heavy atom. The molecule has 1 aromatic rings. The summed E-state index contributed by atoms with van der Waals surface area (Å²) in [4.78, 5) is 14.3. The Morgan fingerprint density at radius 3 is 2.68 bits per heavy atom. The van der Waals surface area contributed by atoms with Crippen LogP contribution in [0.15, 0.2) is 30.3 Å². The van der Waals surface area contributed by atoms with Crippen LogP contribution in [0.25, 0.3) is 0 Å². The predicted molar refractivity (Wildman–Crippen MR) is 86.5 cm³/mol. The van der Waals surface area contributed by atoms with E-state index in [9.17, 15) is 9.90 Å². The standard InChI is InChI=1S/C18H27NO3/c1-18(2,3)22-17(21)19-11-9-14(10-12-20)13-16(19)15-7-5-4-6-8-15/h4-8,14,16,20H,9-13H2,1-3H3/i12D2. The molecule has 0 spiro atoms. The molecule has 0 radical (unpaired) electrons. The molecule has 1 heterocycles. The van der Waals surface area contributed by atoms with Crippen LogP contribution >= 0.6 is 0 Å². The first-order valence-corrected chi connectivity index (χ1v) is 7.82. The van der Waals surface area contributed by atoms with Crippen molar-refractivity contribution in [2.24, 2.45) is 5.92 Å². The van der Waals surface area contributed by atoms with E-state index in [1.807, 2.05) is 51.1 Å². The summed E-state index contributed by atoms with van der Waals surface area (Å²) in [6, 6.07) is 9.56. The molecule has 1 aromatic carbocycles. The zero-order valence-corrected chi connectivity index (χ0v) is 13.6. The normalized spacial score (nSPS) is 24.5. The fraction of sp³-hybridized carbons (Fsp3) is 0.611. The molecule has 1 amide bonds. The minimum absolute atomic E-state index is 0.0221. The Kier molecular flexibility index (Phi) is 4.57. The number of hydrogen-bond acceptors (Lipinski definition) is 3. The van der Waals surface area contributed by atoms with E-state index in [-0.39, 0.29) is 24.5 Å². The van der Waals surface area contributed by atoms with Crippen LogP contribution in [0.3, 0.4) is 0 Å². The van der Waals surface area contributed by atoms with Crippen LogP contribution in [0.4, 0.5) is 4.79 Å². The van der Waals surface area contributed by atoms with Gasteiger partial charge in [-0.1, -0.05) is 30.3 Å². The number of rotatable bonds is 3. The van der Waals surface area contributed by atoms with E-state index in [1.165, 1.54) is 0 Å². The highest BCUT2D eigenvalue weighted by Crippen LogP contribution is 2.36. The Labute approximate surface area is 135 Å². The lowest BCUT2D eigenvalue weighted by atomic mass is 9.85. The minimum atomic E-state index is -2.18. The molecular formula is C18H27NO3. The second kappa shape index (κ2) is 7.14. The van der Waals surface area contributed by atoms with E-state index in [0.717, 1.165) is 5.56 Å². The van der Waals surface area contributed by atoms with E-state index in [4.69, 9.17) is 7.48 Å². The number of nitrogens with zero attached hydrogens (tertiary/aromatic N) is 1. The number of hydrogen-bond donors (Lipinski definition) is 1. The summed E-state index contributed by atoms with van der Waals surface area (Å²) in [5.41, 5.74) is 0.448. The number of ether oxygens (including phenoxy) is 1. The van der Waals surface area contributed by atoms with Crippen molar-refractivity contribution >= 4 is 6.09 Å². The Bertz CT molecular complexity index is 552. The number of likely N-dealkylation sites (tertiary alicyclic amines) is 1. The number of aliphatic hydroxyl groups is 1. The highest BCUT2D eigenvalue weighted by Gasteiger charge is 2.34. The van der Waals surface area contributed by atoms with Crippen molar-refractivity contribution in [3.8, 4) is 0 Å². The molecule has 4 nitrogen and oxygen atoms in total. The highest BCUT2D eigenvalue weighted by atomic mass is 16.6. The van der Waals surface area contributed by atoms with E-state index >= 15 is 0 Å². The summed E-state index contributed by atoms with van der Waals surface area (Å²) < 4.78 is 20.3. The first-order chi connectivity index (χ1) is 11.1. The molecule has 22 heavy (non-hydrogen) atoms. The number of carbonyl (C=O) groups excluding carboxylic acids is 1. The van der Waals surface area contributed by atoms with Crippen LogP contribution in [0.5, 0.6) is 0 Å². The second-order valence-electron chi connectivity index (χ2n) is 6.85. The summed E-state index contributed by atoms with van der Waals surface area (Å²) in [6.07, 6.45) is 1.01. The Morgan fingerprint density at radius 1 is 1.41 bits per heavy atom. The van der Waals surface area contributed by atoms with Gasteiger partial charge in [-0.3, -0.25) is 0 Å². The molecule has 1 saturated heterocycles. The maximum atomic E-state index is 12.6. The summed E-state index contributed by atoms with van der Waals surface area (Å²) in [5.74, 6) is 0.0221. The van der Waals surface area contributed by atoms with Crippen LogP contribution in [-0.4, -0.2) is 34.8 Å². The monoisotopic (exact) mass is 307 g/mol. The molecule has 4 heteroatoms. The van der Waals surface area contributed by atoms with Gasteiger partial charge in [0.25, 0.3) is 0 Å². The Hall–Kier alpha value is -1.55. The molecule has 2 atom stereocenters. The zero-order valence-electron chi connectivity index (χ0n) is 15.6. The van der Waals surface area contributed by atoms with Gasteiger partial charge in [-0.15, -0.1) is 0 Å². The number of benzene rings is 1. The Balaban J connectivity index is 2.19. The maximum Gasteiger partial charge on any atom is 0.410 e. The van der Waals surface area contributed by atoms with Gasteiger partial charge < -0.3 is 14.7 Å². The molecule has 1 aliphatic rings. The average Bonchev–Trinajstić information content (AvgIpc) is 2.44. The molecule has 1 aliphatic heterocycles. The molecule has 0 aliphatic carbocycles. The highest BCUT2D eigenvalue weighted by molar-refractivity contribution is 5.69. The number of carbonyl (C=O) groups is 1. The van der Waals surface area contributed by atoms with Crippen molar-refractivity contribution in [2.45, 2.75) is 51.7 Å². The van der Waals surface area contributed by atoms with E-state index in [0.29, 0.717) is 19.4 Å². The topological polar surface area (TPSA) is 49.8 Å². The quantitative estimate of drug-likeness (QED) is 0.925. The lowest BCUT2D eigenvalue weighted by Gasteiger charge is -2.40. The molecular weight excluding hydrogens is 278 g/mol. The SMILES string of the molecule is [2H]C([2H])(O)CC1CCN(C(=O)OC(C)(C)C)C(c2ccccc2)C1. The van der Waals surface area contributed by atoms with Gasteiger partial charge in [0.2, 0.25) is 0 Å². The van der Waals surface area contributed by atoms with Gasteiger partial charge in [-0.25, -0.2) is 4.79 Å². The molecule has 1 N–H and O–H groups in total. The maximum absolute atomic E-state index is 12.6. The van der Waals surface area contributed by atoms with Crippen molar-refractivity contribution in [3.05, 3.63) is 35.9 Å². The third-order valence-electron chi connectivity index (χ3n) is 3.90. The summed E-state index contributed by atoms with van der Waals surface area (Å²) in [7, 11) is 0. The van der Waals surface area contributed by atoms with Gasteiger partial charge >= 0.3 is 6.09 Å². The molecule has 2 rings (SSSR count). The predicted octanol–water partition coefficient (Wildman–Crippen LogP) is 3.76. The minimum Gasteiger partial charge on any atom is -0.444 e. The van der Waals surface area contributed by atoms with Crippen LogP contribution in [0.2, 0.25) is 0 Å². The lowest BCUT2D eigenvalue weighted by Crippen LogP contribution is -2.43. The molecule has 0 saturated carbocycles. The third-order valence-corrected chi connectivity index (χ3v) is 3.90. The van der Waals surface area contributed by atoms with Crippen LogP contribution < -0.4 is 0 Å². The average molecular weight is 307 g/mol. The number of amides is 1. The van der Waals surface area contributed by atoms with Crippen molar-refractivity contribution in [1.82, 2.24) is 4.90 Å². The van der Waals surface area contributed by atoms with Crippen LogP contribution in [0, 0.1) is 5.92 Å². The smallest absolute Gasteiger partial charge is 0.410 e. The first kappa shape index (κ1) is 14.1. The third kappa shape index (κ3) is 4.47. The van der Waals surface area contributed by atoms with Gasteiger partial charge in [-0.05, 0) is 51.5 Å². The summed E-state index contributed by atoms with van der Waals surface area (Å²) in [5, 5.41) is 9.48. The molecule has 122 valence electrons. The summed E-state index contributed by atoms with van der Waals surface area (Å²) >= 11 is 0. The van der Waals surface area contributed by atoms with Gasteiger partial charge in [-0.2, -0.15) is 0 Å². The zero-order chi connectivity index (χ0) is 18.0. The second-order valence-corrected chi connectivity index (χ2v) is 6.85. The largest absolute Gasteiger partial charge is 0.444 e. The number of piperidine rings is 1. The van der Waals surface area contributed by atoms with Gasteiger partial charge in [0.1, 0.15) is 5.60 Å². The van der Waals surface area contributed by atoms with Gasteiger partial charge in [0.05, 0.1) is 8.78 Å². The molecule has 1 fully saturated rings. The molecule has 2 unspecified atom stereocenters.